The van der Waals surface area contributed by atoms with Gasteiger partial charge in [0.2, 0.25) is 0 Å². The van der Waals surface area contributed by atoms with E-state index in [0.717, 1.165) is 12.8 Å². The fourth-order valence-electron chi connectivity index (χ4n) is 2.06. The van der Waals surface area contributed by atoms with Crippen LogP contribution in [0.2, 0.25) is 0 Å². The van der Waals surface area contributed by atoms with Crippen LogP contribution in [0.1, 0.15) is 30.5 Å². The highest BCUT2D eigenvalue weighted by molar-refractivity contribution is 5.71. The summed E-state index contributed by atoms with van der Waals surface area (Å²) in [6, 6.07) is 5.93. The van der Waals surface area contributed by atoms with E-state index < -0.39 is 0 Å². The van der Waals surface area contributed by atoms with E-state index in [9.17, 15) is 4.79 Å². The van der Waals surface area contributed by atoms with Gasteiger partial charge in [0.05, 0.1) is 6.61 Å². The maximum atomic E-state index is 11.1. The predicted molar refractivity (Wildman–Crippen MR) is 63.8 cm³/mol. The Bertz CT molecular complexity index is 417. The molecule has 0 fully saturated rings. The normalized spacial score (nSPS) is 17.6. The van der Waals surface area contributed by atoms with Crippen molar-refractivity contribution in [2.45, 2.75) is 25.8 Å². The highest BCUT2D eigenvalue weighted by Gasteiger charge is 2.19. The first-order valence-electron chi connectivity index (χ1n) is 5.87. The van der Waals surface area contributed by atoms with Crippen LogP contribution in [-0.2, 0) is 16.0 Å². The second kappa shape index (κ2) is 5.19. The van der Waals surface area contributed by atoms with Crippen molar-refractivity contribution in [1.29, 1.82) is 0 Å². The molecule has 1 aromatic carbocycles. The molecule has 0 amide bonds. The summed E-state index contributed by atoms with van der Waals surface area (Å²) in [5, 5.41) is 0. The average Bonchev–Trinajstić information content (AvgIpc) is 2.69. The number of rotatable bonds is 4. The summed E-state index contributed by atoms with van der Waals surface area (Å²) in [5.41, 5.74) is 8.35. The highest BCUT2D eigenvalue weighted by atomic mass is 16.6. The molecular formula is C13H17NO3. The molecule has 0 radical (unpaired) electrons. The number of carbonyl (C=O) groups excluding carboxylic acids is 1. The summed E-state index contributed by atoms with van der Waals surface area (Å²) in [7, 11) is 0. The summed E-state index contributed by atoms with van der Waals surface area (Å²) < 4.78 is 10.2. The van der Waals surface area contributed by atoms with Crippen molar-refractivity contribution < 1.29 is 14.3 Å². The molecule has 1 atom stereocenters. The number of carbonyl (C=O) groups is 1. The number of aryl methyl sites for hydroxylation is 1. The van der Waals surface area contributed by atoms with Gasteiger partial charge in [-0.15, -0.1) is 0 Å². The van der Waals surface area contributed by atoms with Gasteiger partial charge in [0.15, 0.2) is 6.61 Å². The molecule has 0 bridgehead atoms. The maximum Gasteiger partial charge on any atom is 0.344 e. The minimum Gasteiger partial charge on any atom is -0.482 e. The number of nitrogens with two attached hydrogens (primary N) is 1. The van der Waals surface area contributed by atoms with E-state index in [1.165, 1.54) is 11.1 Å². The molecule has 1 aliphatic carbocycles. The number of benzene rings is 1. The Morgan fingerprint density at radius 1 is 1.53 bits per heavy atom. The van der Waals surface area contributed by atoms with Crippen molar-refractivity contribution in [3.63, 3.8) is 0 Å². The van der Waals surface area contributed by atoms with Gasteiger partial charge in [-0.25, -0.2) is 4.79 Å². The molecule has 0 saturated carbocycles. The molecule has 2 N–H and O–H groups in total. The molecular weight excluding hydrogens is 218 g/mol. The molecule has 2 rings (SSSR count). The third-order valence-corrected chi connectivity index (χ3v) is 2.90. The Balaban J connectivity index is 1.97. The van der Waals surface area contributed by atoms with Crippen molar-refractivity contribution in [2.75, 3.05) is 13.2 Å². The van der Waals surface area contributed by atoms with E-state index in [-0.39, 0.29) is 18.6 Å². The molecule has 0 spiro atoms. The lowest BCUT2D eigenvalue weighted by atomic mass is 10.1. The van der Waals surface area contributed by atoms with Crippen LogP contribution in [0.3, 0.4) is 0 Å². The minimum atomic E-state index is -0.343. The molecule has 0 unspecified atom stereocenters. The SMILES string of the molecule is CCOC(=O)COc1ccc2c(c1)CC[C@H]2N. The fourth-order valence-corrected chi connectivity index (χ4v) is 2.06. The number of hydrogen-bond acceptors (Lipinski definition) is 4. The van der Waals surface area contributed by atoms with Crippen molar-refractivity contribution in [2.24, 2.45) is 5.73 Å². The number of hydrogen-bond donors (Lipinski definition) is 1. The molecule has 17 heavy (non-hydrogen) atoms. The lowest BCUT2D eigenvalue weighted by molar-refractivity contribution is -0.145. The summed E-state index contributed by atoms with van der Waals surface area (Å²) in [6.07, 6.45) is 1.96. The Morgan fingerprint density at radius 3 is 3.12 bits per heavy atom. The summed E-state index contributed by atoms with van der Waals surface area (Å²) in [4.78, 5) is 11.1. The smallest absolute Gasteiger partial charge is 0.344 e. The van der Waals surface area contributed by atoms with Crippen LogP contribution in [0.4, 0.5) is 0 Å². The average molecular weight is 235 g/mol. The third kappa shape index (κ3) is 2.77. The van der Waals surface area contributed by atoms with Crippen molar-refractivity contribution >= 4 is 5.97 Å². The van der Waals surface area contributed by atoms with Gasteiger partial charge in [0.1, 0.15) is 5.75 Å². The third-order valence-electron chi connectivity index (χ3n) is 2.90. The molecule has 4 heteroatoms. The highest BCUT2D eigenvalue weighted by Crippen LogP contribution is 2.31. The van der Waals surface area contributed by atoms with Gasteiger partial charge < -0.3 is 15.2 Å². The van der Waals surface area contributed by atoms with Gasteiger partial charge in [0, 0.05) is 6.04 Å². The molecule has 1 aliphatic rings. The van der Waals surface area contributed by atoms with Crippen LogP contribution >= 0.6 is 0 Å². The zero-order valence-electron chi connectivity index (χ0n) is 9.94. The molecule has 1 aromatic rings. The first-order valence-corrected chi connectivity index (χ1v) is 5.87. The van der Waals surface area contributed by atoms with Gasteiger partial charge in [-0.3, -0.25) is 0 Å². The van der Waals surface area contributed by atoms with Crippen LogP contribution in [0.25, 0.3) is 0 Å². The van der Waals surface area contributed by atoms with Gasteiger partial charge in [0.25, 0.3) is 0 Å². The largest absolute Gasteiger partial charge is 0.482 e. The zero-order chi connectivity index (χ0) is 12.3. The summed E-state index contributed by atoms with van der Waals surface area (Å²) >= 11 is 0. The minimum absolute atomic E-state index is 0.0430. The van der Waals surface area contributed by atoms with Gasteiger partial charge >= 0.3 is 5.97 Å². The van der Waals surface area contributed by atoms with Crippen molar-refractivity contribution in [3.05, 3.63) is 29.3 Å². The van der Waals surface area contributed by atoms with Crippen LogP contribution < -0.4 is 10.5 Å². The van der Waals surface area contributed by atoms with E-state index in [4.69, 9.17) is 15.2 Å². The first-order chi connectivity index (χ1) is 8.20. The standard InChI is InChI=1S/C13H17NO3/c1-2-16-13(15)8-17-10-4-5-11-9(7-10)3-6-12(11)14/h4-5,7,12H,2-3,6,8,14H2,1H3/t12-/m1/s1. The number of fused-ring (bicyclic) bond motifs is 1. The lowest BCUT2D eigenvalue weighted by Gasteiger charge is -2.08. The van der Waals surface area contributed by atoms with Gasteiger partial charge in [-0.2, -0.15) is 0 Å². The van der Waals surface area contributed by atoms with Gasteiger partial charge in [-0.1, -0.05) is 6.07 Å². The molecule has 0 heterocycles. The van der Waals surface area contributed by atoms with Crippen LogP contribution in [0, 0.1) is 0 Å². The van der Waals surface area contributed by atoms with E-state index in [0.29, 0.717) is 12.4 Å². The number of ether oxygens (including phenoxy) is 2. The second-order valence-electron chi connectivity index (χ2n) is 4.10. The van der Waals surface area contributed by atoms with Crippen LogP contribution in [0.5, 0.6) is 5.75 Å². The molecule has 92 valence electrons. The lowest BCUT2D eigenvalue weighted by Crippen LogP contribution is -2.14. The molecule has 0 aliphatic heterocycles. The van der Waals surface area contributed by atoms with E-state index in [2.05, 4.69) is 0 Å². The Labute approximate surface area is 101 Å². The van der Waals surface area contributed by atoms with Crippen molar-refractivity contribution in [1.82, 2.24) is 0 Å². The van der Waals surface area contributed by atoms with Crippen LogP contribution in [0.15, 0.2) is 18.2 Å². The molecule has 0 saturated heterocycles. The predicted octanol–water partition coefficient (Wildman–Crippen LogP) is 1.57. The molecule has 0 aromatic heterocycles. The van der Waals surface area contributed by atoms with E-state index >= 15 is 0 Å². The van der Waals surface area contributed by atoms with Gasteiger partial charge in [-0.05, 0) is 43.0 Å². The topological polar surface area (TPSA) is 61.5 Å². The summed E-state index contributed by atoms with van der Waals surface area (Å²) in [5.74, 6) is 0.357. The monoisotopic (exact) mass is 235 g/mol. The van der Waals surface area contributed by atoms with Crippen molar-refractivity contribution in [3.8, 4) is 5.75 Å². The first kappa shape index (κ1) is 11.9. The fraction of sp³-hybridized carbons (Fsp3) is 0.462. The van der Waals surface area contributed by atoms with Crippen LogP contribution in [-0.4, -0.2) is 19.2 Å². The maximum absolute atomic E-state index is 11.1. The molecule has 4 nitrogen and oxygen atoms in total. The second-order valence-corrected chi connectivity index (χ2v) is 4.10. The summed E-state index contributed by atoms with van der Waals surface area (Å²) in [6.45, 7) is 2.11. The van der Waals surface area contributed by atoms with E-state index in [1.807, 2.05) is 18.2 Å². The van der Waals surface area contributed by atoms with E-state index in [1.54, 1.807) is 6.92 Å². The Kier molecular flexibility index (Phi) is 3.64. The number of esters is 1. The zero-order valence-corrected chi connectivity index (χ0v) is 9.94. The Hall–Kier alpha value is -1.55. The quantitative estimate of drug-likeness (QED) is 0.805. The Morgan fingerprint density at radius 2 is 2.35 bits per heavy atom.